The number of piperazine rings is 1. The summed E-state index contributed by atoms with van der Waals surface area (Å²) in [6, 6.07) is 6.16. The molecule has 136 valence electrons. The van der Waals surface area contributed by atoms with E-state index >= 15 is 0 Å². The molecule has 0 spiro atoms. The monoisotopic (exact) mass is 373 g/mol. The second-order valence-electron chi connectivity index (χ2n) is 6.52. The van der Waals surface area contributed by atoms with Crippen LogP contribution in [-0.2, 0) is 12.7 Å². The van der Waals surface area contributed by atoms with Crippen molar-refractivity contribution in [3.63, 3.8) is 0 Å². The van der Waals surface area contributed by atoms with Gasteiger partial charge in [0.25, 0.3) is 0 Å². The molecular formula is C17H19ClF3N3O. The summed E-state index contributed by atoms with van der Waals surface area (Å²) in [6.45, 7) is 4.46. The first kappa shape index (κ1) is 18.2. The Balaban J connectivity index is 0.00000182. The minimum absolute atomic E-state index is 0. The molecule has 0 aliphatic carbocycles. The number of rotatable bonds is 3. The third-order valence-corrected chi connectivity index (χ3v) is 4.85. The van der Waals surface area contributed by atoms with Crippen molar-refractivity contribution in [2.24, 2.45) is 0 Å². The number of likely N-dealkylation sites (tertiary alicyclic amines) is 1. The van der Waals surface area contributed by atoms with E-state index in [4.69, 9.17) is 4.42 Å². The van der Waals surface area contributed by atoms with Crippen LogP contribution in [0.25, 0.3) is 11.5 Å². The van der Waals surface area contributed by atoms with Crippen LogP contribution in [0.4, 0.5) is 13.2 Å². The van der Waals surface area contributed by atoms with Crippen LogP contribution in [0.1, 0.15) is 23.4 Å². The van der Waals surface area contributed by atoms with Crippen LogP contribution in [-0.4, -0.2) is 35.1 Å². The highest BCUT2D eigenvalue weighted by Crippen LogP contribution is 2.33. The Morgan fingerprint density at radius 1 is 1.36 bits per heavy atom. The van der Waals surface area contributed by atoms with Crippen molar-refractivity contribution < 1.29 is 17.6 Å². The highest BCUT2D eigenvalue weighted by Gasteiger charge is 2.38. The number of nitrogens with zero attached hydrogens (tertiary/aromatic N) is 2. The standard InChI is InChI=1S/C17H18F3N3O.ClH/c1-10-15(9-23-8-13-6-14(23)7-21-13)22-16(24-10)11-3-2-4-12(5-11)17(18,19)20;/h2-5,13-14,21H,6-9H2,1H3;1H/t13-,14-;/m0./s1. The summed E-state index contributed by atoms with van der Waals surface area (Å²) in [4.78, 5) is 6.82. The van der Waals surface area contributed by atoms with Crippen molar-refractivity contribution >= 4 is 12.4 Å². The topological polar surface area (TPSA) is 41.3 Å². The van der Waals surface area contributed by atoms with Crippen LogP contribution in [0.3, 0.4) is 0 Å². The van der Waals surface area contributed by atoms with E-state index in [9.17, 15) is 13.2 Å². The fourth-order valence-corrected chi connectivity index (χ4v) is 3.56. The van der Waals surface area contributed by atoms with Gasteiger partial charge in [0.2, 0.25) is 5.89 Å². The van der Waals surface area contributed by atoms with Crippen LogP contribution in [0.15, 0.2) is 28.7 Å². The summed E-state index contributed by atoms with van der Waals surface area (Å²) in [5, 5.41) is 3.45. The maximum absolute atomic E-state index is 12.9. The van der Waals surface area contributed by atoms with E-state index in [1.54, 1.807) is 6.07 Å². The molecule has 2 saturated heterocycles. The molecule has 8 heteroatoms. The highest BCUT2D eigenvalue weighted by molar-refractivity contribution is 5.85. The number of aromatic nitrogens is 1. The SMILES string of the molecule is Cc1oc(-c2cccc(C(F)(F)F)c2)nc1CN1C[C@@H]2C[C@H]1CN2.Cl. The van der Waals surface area contributed by atoms with Crippen molar-refractivity contribution in [2.75, 3.05) is 13.1 Å². The lowest BCUT2D eigenvalue weighted by Crippen LogP contribution is -2.43. The summed E-state index contributed by atoms with van der Waals surface area (Å²) in [7, 11) is 0. The second kappa shape index (κ2) is 6.63. The van der Waals surface area contributed by atoms with Crippen LogP contribution < -0.4 is 5.32 Å². The highest BCUT2D eigenvalue weighted by atomic mass is 35.5. The van der Waals surface area contributed by atoms with Crippen molar-refractivity contribution in [1.82, 2.24) is 15.2 Å². The molecule has 0 unspecified atom stereocenters. The molecule has 2 bridgehead atoms. The van der Waals surface area contributed by atoms with Gasteiger partial charge in [-0.15, -0.1) is 12.4 Å². The summed E-state index contributed by atoms with van der Waals surface area (Å²) >= 11 is 0. The average molecular weight is 374 g/mol. The van der Waals surface area contributed by atoms with Gasteiger partial charge < -0.3 is 9.73 Å². The van der Waals surface area contributed by atoms with E-state index in [1.807, 2.05) is 6.92 Å². The van der Waals surface area contributed by atoms with Gasteiger partial charge in [-0.2, -0.15) is 13.2 Å². The summed E-state index contributed by atoms with van der Waals surface area (Å²) < 4.78 is 44.2. The molecule has 2 fully saturated rings. The minimum Gasteiger partial charge on any atom is -0.441 e. The normalized spacial score (nSPS) is 23.0. The van der Waals surface area contributed by atoms with Gasteiger partial charge in [0, 0.05) is 37.3 Å². The molecule has 2 aliphatic heterocycles. The first-order chi connectivity index (χ1) is 11.4. The molecular weight excluding hydrogens is 355 g/mol. The van der Waals surface area contributed by atoms with E-state index in [-0.39, 0.29) is 18.3 Å². The van der Waals surface area contributed by atoms with Gasteiger partial charge in [-0.1, -0.05) is 6.07 Å². The fourth-order valence-electron chi connectivity index (χ4n) is 3.56. The molecule has 3 heterocycles. The van der Waals surface area contributed by atoms with Gasteiger partial charge in [0.1, 0.15) is 5.76 Å². The average Bonchev–Trinajstić information content (AvgIpc) is 3.23. The molecule has 0 radical (unpaired) electrons. The third kappa shape index (κ3) is 3.54. The van der Waals surface area contributed by atoms with Crippen molar-refractivity contribution in [2.45, 2.75) is 38.1 Å². The Bertz CT molecular complexity index is 762. The van der Waals surface area contributed by atoms with Crippen LogP contribution >= 0.6 is 12.4 Å². The van der Waals surface area contributed by atoms with E-state index < -0.39 is 11.7 Å². The molecule has 2 aromatic rings. The number of alkyl halides is 3. The molecule has 1 N–H and O–H groups in total. The Kier molecular flexibility index (Phi) is 4.83. The van der Waals surface area contributed by atoms with Gasteiger partial charge in [0.15, 0.2) is 0 Å². The molecule has 25 heavy (non-hydrogen) atoms. The second-order valence-corrected chi connectivity index (χ2v) is 6.52. The molecule has 0 amide bonds. The number of nitrogens with one attached hydrogen (secondary N) is 1. The van der Waals surface area contributed by atoms with E-state index in [0.29, 0.717) is 30.0 Å². The summed E-state index contributed by atoms with van der Waals surface area (Å²) in [5.74, 6) is 0.911. The molecule has 0 saturated carbocycles. The predicted octanol–water partition coefficient (Wildman–Crippen LogP) is 3.64. The molecule has 4 rings (SSSR count). The van der Waals surface area contributed by atoms with E-state index in [1.165, 1.54) is 6.07 Å². The lowest BCUT2D eigenvalue weighted by Gasteiger charge is -2.26. The number of aryl methyl sites for hydroxylation is 1. The molecule has 2 atom stereocenters. The first-order valence-electron chi connectivity index (χ1n) is 8.01. The van der Waals surface area contributed by atoms with E-state index in [2.05, 4.69) is 15.2 Å². The Morgan fingerprint density at radius 2 is 2.16 bits per heavy atom. The first-order valence-corrected chi connectivity index (χ1v) is 8.01. The number of benzene rings is 1. The molecule has 4 nitrogen and oxygen atoms in total. The van der Waals surface area contributed by atoms with Gasteiger partial charge in [0.05, 0.1) is 11.3 Å². The molecule has 1 aromatic carbocycles. The Morgan fingerprint density at radius 3 is 2.80 bits per heavy atom. The zero-order valence-corrected chi connectivity index (χ0v) is 14.5. The number of halogens is 4. The maximum atomic E-state index is 12.9. The largest absolute Gasteiger partial charge is 0.441 e. The smallest absolute Gasteiger partial charge is 0.416 e. The van der Waals surface area contributed by atoms with Gasteiger partial charge in [-0.3, -0.25) is 4.90 Å². The zero-order valence-electron chi connectivity index (χ0n) is 13.6. The van der Waals surface area contributed by atoms with Crippen LogP contribution in [0.5, 0.6) is 0 Å². The van der Waals surface area contributed by atoms with Crippen molar-refractivity contribution in [3.05, 3.63) is 41.3 Å². The molecule has 2 aliphatic rings. The maximum Gasteiger partial charge on any atom is 0.416 e. The van der Waals surface area contributed by atoms with Crippen molar-refractivity contribution in [3.8, 4) is 11.5 Å². The van der Waals surface area contributed by atoms with Crippen LogP contribution in [0.2, 0.25) is 0 Å². The van der Waals surface area contributed by atoms with Gasteiger partial charge >= 0.3 is 6.18 Å². The van der Waals surface area contributed by atoms with Crippen LogP contribution in [0, 0.1) is 6.92 Å². The quantitative estimate of drug-likeness (QED) is 0.892. The van der Waals surface area contributed by atoms with Gasteiger partial charge in [-0.05, 0) is 31.5 Å². The predicted molar refractivity (Wildman–Crippen MR) is 89.5 cm³/mol. The number of hydrogen-bond donors (Lipinski definition) is 1. The lowest BCUT2D eigenvalue weighted by atomic mass is 10.1. The third-order valence-electron chi connectivity index (χ3n) is 4.85. The number of fused-ring (bicyclic) bond motifs is 2. The minimum atomic E-state index is -4.37. The zero-order chi connectivity index (χ0) is 16.9. The number of hydrogen-bond acceptors (Lipinski definition) is 4. The Labute approximate surface area is 149 Å². The summed E-state index contributed by atoms with van der Waals surface area (Å²) in [6.07, 6.45) is -3.22. The summed E-state index contributed by atoms with van der Waals surface area (Å²) in [5.41, 5.74) is 0.457. The Hall–Kier alpha value is -1.57. The lowest BCUT2D eigenvalue weighted by molar-refractivity contribution is -0.137. The molecule has 1 aromatic heterocycles. The number of oxazole rings is 1. The van der Waals surface area contributed by atoms with Gasteiger partial charge in [-0.25, -0.2) is 4.98 Å². The fraction of sp³-hybridized carbons (Fsp3) is 0.471. The van der Waals surface area contributed by atoms with E-state index in [0.717, 1.165) is 37.3 Å². The van der Waals surface area contributed by atoms with Crippen molar-refractivity contribution in [1.29, 1.82) is 0 Å².